The number of rotatable bonds is 4. The maximum Gasteiger partial charge on any atom is 0.306 e. The molecule has 0 aliphatic carbocycles. The van der Waals surface area contributed by atoms with Gasteiger partial charge in [-0.05, 0) is 37.1 Å². The Kier molecular flexibility index (Phi) is 5.06. The van der Waals surface area contributed by atoms with Gasteiger partial charge in [0.2, 0.25) is 5.95 Å². The average molecular weight is 367 g/mol. The lowest BCUT2D eigenvalue weighted by atomic mass is 9.97. The van der Waals surface area contributed by atoms with Crippen LogP contribution >= 0.6 is 23.2 Å². The largest absolute Gasteiger partial charge is 0.481 e. The van der Waals surface area contributed by atoms with Gasteiger partial charge in [0, 0.05) is 24.3 Å². The second kappa shape index (κ2) is 7.23. The fourth-order valence-corrected chi connectivity index (χ4v) is 2.99. The number of carboxylic acids is 1. The highest BCUT2D eigenvalue weighted by molar-refractivity contribution is 6.35. The van der Waals surface area contributed by atoms with E-state index in [1.54, 1.807) is 24.4 Å². The molecule has 2 heterocycles. The highest BCUT2D eigenvalue weighted by Crippen LogP contribution is 2.28. The summed E-state index contributed by atoms with van der Waals surface area (Å²) in [4.78, 5) is 21.8. The third kappa shape index (κ3) is 3.88. The Hall–Kier alpha value is -2.05. The standard InChI is InChI=1S/C16H16Cl2N4O2/c17-11-1-2-12(18)13(9-11)20-16-19-6-3-14(21-16)22-7-4-10(5-8-22)15(23)24/h1-3,6,9-10H,4-5,7-8H2,(H,23,24)(H,19,20,21). The molecule has 0 atom stereocenters. The summed E-state index contributed by atoms with van der Waals surface area (Å²) in [5.74, 6) is 0.174. The molecule has 1 fully saturated rings. The number of nitrogens with zero attached hydrogens (tertiary/aromatic N) is 3. The van der Waals surface area contributed by atoms with E-state index in [9.17, 15) is 4.79 Å². The van der Waals surface area contributed by atoms with Gasteiger partial charge in [0.1, 0.15) is 5.82 Å². The van der Waals surface area contributed by atoms with E-state index < -0.39 is 5.97 Å². The van der Waals surface area contributed by atoms with E-state index in [1.165, 1.54) is 0 Å². The summed E-state index contributed by atoms with van der Waals surface area (Å²) in [7, 11) is 0. The molecule has 1 aromatic heterocycles. The third-order valence-corrected chi connectivity index (χ3v) is 4.55. The van der Waals surface area contributed by atoms with Gasteiger partial charge in [-0.2, -0.15) is 4.98 Å². The number of aromatic nitrogens is 2. The van der Waals surface area contributed by atoms with Gasteiger partial charge in [0.05, 0.1) is 16.6 Å². The minimum atomic E-state index is -0.727. The summed E-state index contributed by atoms with van der Waals surface area (Å²) in [5, 5.41) is 13.2. The number of aliphatic carboxylic acids is 1. The van der Waals surface area contributed by atoms with Crippen LogP contribution in [0.4, 0.5) is 17.5 Å². The van der Waals surface area contributed by atoms with E-state index in [2.05, 4.69) is 20.2 Å². The molecule has 0 saturated carbocycles. The van der Waals surface area contributed by atoms with Crippen molar-refractivity contribution in [1.29, 1.82) is 0 Å². The van der Waals surface area contributed by atoms with Crippen molar-refractivity contribution in [2.75, 3.05) is 23.3 Å². The number of anilines is 3. The van der Waals surface area contributed by atoms with E-state index in [-0.39, 0.29) is 5.92 Å². The van der Waals surface area contributed by atoms with Crippen molar-refractivity contribution in [3.63, 3.8) is 0 Å². The van der Waals surface area contributed by atoms with Crippen molar-refractivity contribution < 1.29 is 9.90 Å². The van der Waals surface area contributed by atoms with Crippen molar-refractivity contribution >= 4 is 46.6 Å². The highest BCUT2D eigenvalue weighted by atomic mass is 35.5. The molecule has 2 N–H and O–H groups in total. The first-order chi connectivity index (χ1) is 11.5. The van der Waals surface area contributed by atoms with E-state index in [0.717, 1.165) is 5.82 Å². The van der Waals surface area contributed by atoms with Crippen LogP contribution in [0.25, 0.3) is 0 Å². The molecule has 126 valence electrons. The minimum absolute atomic E-state index is 0.272. The van der Waals surface area contributed by atoms with Crippen LogP contribution in [-0.4, -0.2) is 34.1 Å². The molecular weight excluding hydrogens is 351 g/mol. The van der Waals surface area contributed by atoms with Gasteiger partial charge in [-0.1, -0.05) is 23.2 Å². The molecule has 3 rings (SSSR count). The Balaban J connectivity index is 1.73. The molecule has 0 spiro atoms. The van der Waals surface area contributed by atoms with E-state index >= 15 is 0 Å². The first-order valence-electron chi connectivity index (χ1n) is 7.56. The van der Waals surface area contributed by atoms with Crippen molar-refractivity contribution in [3.05, 3.63) is 40.5 Å². The SMILES string of the molecule is O=C(O)C1CCN(c2ccnc(Nc3cc(Cl)ccc3Cl)n2)CC1. The zero-order valence-corrected chi connectivity index (χ0v) is 14.3. The Morgan fingerprint density at radius 3 is 2.71 bits per heavy atom. The maximum absolute atomic E-state index is 11.0. The zero-order valence-electron chi connectivity index (χ0n) is 12.7. The molecule has 24 heavy (non-hydrogen) atoms. The van der Waals surface area contributed by atoms with Crippen LogP contribution in [0.1, 0.15) is 12.8 Å². The van der Waals surface area contributed by atoms with Crippen LogP contribution in [0.15, 0.2) is 30.5 Å². The molecule has 2 aromatic rings. The molecule has 6 nitrogen and oxygen atoms in total. The number of piperidine rings is 1. The number of hydrogen-bond acceptors (Lipinski definition) is 5. The number of carbonyl (C=O) groups is 1. The second-order valence-electron chi connectivity index (χ2n) is 5.59. The zero-order chi connectivity index (χ0) is 17.1. The molecular formula is C16H16Cl2N4O2. The van der Waals surface area contributed by atoms with Gasteiger partial charge in [0.15, 0.2) is 0 Å². The van der Waals surface area contributed by atoms with E-state index in [0.29, 0.717) is 47.6 Å². The fourth-order valence-electron chi connectivity index (χ4n) is 2.65. The fraction of sp³-hybridized carbons (Fsp3) is 0.312. The molecule has 0 unspecified atom stereocenters. The lowest BCUT2D eigenvalue weighted by Crippen LogP contribution is -2.36. The van der Waals surface area contributed by atoms with Crippen molar-refractivity contribution in [2.24, 2.45) is 5.92 Å². The molecule has 1 aliphatic rings. The summed E-state index contributed by atoms with van der Waals surface area (Å²) < 4.78 is 0. The molecule has 1 saturated heterocycles. The predicted molar refractivity (Wildman–Crippen MR) is 94.3 cm³/mol. The number of nitrogens with one attached hydrogen (secondary N) is 1. The van der Waals surface area contributed by atoms with Crippen LogP contribution in [0.2, 0.25) is 10.0 Å². The van der Waals surface area contributed by atoms with Crippen molar-refractivity contribution in [1.82, 2.24) is 9.97 Å². The highest BCUT2D eigenvalue weighted by Gasteiger charge is 2.25. The Morgan fingerprint density at radius 1 is 1.25 bits per heavy atom. The quantitative estimate of drug-likeness (QED) is 0.855. The molecule has 0 amide bonds. The van der Waals surface area contributed by atoms with Gasteiger partial charge in [-0.3, -0.25) is 4.79 Å². The van der Waals surface area contributed by atoms with Crippen LogP contribution in [0, 0.1) is 5.92 Å². The van der Waals surface area contributed by atoms with Crippen LogP contribution in [-0.2, 0) is 4.79 Å². The Morgan fingerprint density at radius 2 is 2.00 bits per heavy atom. The predicted octanol–water partition coefficient (Wildman–Crippen LogP) is 3.83. The van der Waals surface area contributed by atoms with Crippen molar-refractivity contribution in [2.45, 2.75) is 12.8 Å². The lowest BCUT2D eigenvalue weighted by Gasteiger charge is -2.31. The minimum Gasteiger partial charge on any atom is -0.481 e. The molecule has 0 radical (unpaired) electrons. The number of hydrogen-bond donors (Lipinski definition) is 2. The summed E-state index contributed by atoms with van der Waals surface area (Å²) in [5.41, 5.74) is 0.630. The van der Waals surface area contributed by atoms with Crippen LogP contribution < -0.4 is 10.2 Å². The molecule has 1 aromatic carbocycles. The average Bonchev–Trinajstić information content (AvgIpc) is 2.58. The first-order valence-corrected chi connectivity index (χ1v) is 8.31. The van der Waals surface area contributed by atoms with Crippen LogP contribution in [0.5, 0.6) is 0 Å². The second-order valence-corrected chi connectivity index (χ2v) is 6.43. The first kappa shape index (κ1) is 16.8. The van der Waals surface area contributed by atoms with Crippen molar-refractivity contribution in [3.8, 4) is 0 Å². The third-order valence-electron chi connectivity index (χ3n) is 3.98. The van der Waals surface area contributed by atoms with Gasteiger partial charge < -0.3 is 15.3 Å². The Bertz CT molecular complexity index is 749. The number of halogens is 2. The Labute approximate surface area is 149 Å². The molecule has 1 aliphatic heterocycles. The van der Waals surface area contributed by atoms with Gasteiger partial charge in [-0.25, -0.2) is 4.98 Å². The number of benzene rings is 1. The topological polar surface area (TPSA) is 78.3 Å². The summed E-state index contributed by atoms with van der Waals surface area (Å²) in [6.45, 7) is 1.32. The smallest absolute Gasteiger partial charge is 0.306 e. The maximum atomic E-state index is 11.0. The normalized spacial score (nSPS) is 15.3. The van der Waals surface area contributed by atoms with E-state index in [1.807, 2.05) is 6.07 Å². The monoisotopic (exact) mass is 366 g/mol. The lowest BCUT2D eigenvalue weighted by molar-refractivity contribution is -0.142. The van der Waals surface area contributed by atoms with Gasteiger partial charge in [-0.15, -0.1) is 0 Å². The van der Waals surface area contributed by atoms with Gasteiger partial charge in [0.25, 0.3) is 0 Å². The molecule has 0 bridgehead atoms. The van der Waals surface area contributed by atoms with Crippen LogP contribution in [0.3, 0.4) is 0 Å². The summed E-state index contributed by atoms with van der Waals surface area (Å²) in [6, 6.07) is 6.93. The summed E-state index contributed by atoms with van der Waals surface area (Å²) in [6.07, 6.45) is 2.89. The number of carboxylic acid groups (broad SMARTS) is 1. The molecule has 8 heteroatoms. The van der Waals surface area contributed by atoms with Gasteiger partial charge >= 0.3 is 5.97 Å². The van der Waals surface area contributed by atoms with E-state index in [4.69, 9.17) is 28.3 Å². The summed E-state index contributed by atoms with van der Waals surface area (Å²) >= 11 is 12.1.